The van der Waals surface area contributed by atoms with Crippen LogP contribution in [0.3, 0.4) is 0 Å². The molecule has 8 bridgehead atoms. The second-order valence-electron chi connectivity index (χ2n) is 15.1. The zero-order chi connectivity index (χ0) is 21.6. The zero-order valence-corrected chi connectivity index (χ0v) is 21.6. The van der Waals surface area contributed by atoms with Crippen LogP contribution in [0.5, 0.6) is 0 Å². The van der Waals surface area contributed by atoms with E-state index in [1.165, 1.54) is 0 Å². The maximum absolute atomic E-state index is 12.7. The highest BCUT2D eigenvalue weighted by Crippen LogP contribution is 2.85. The molecule has 182 valence electrons. The minimum atomic E-state index is -0.597. The number of aliphatic carboxylic acids is 2. The van der Waals surface area contributed by atoms with Crippen LogP contribution in [0.1, 0.15) is 105 Å². The molecule has 6 heteroatoms. The van der Waals surface area contributed by atoms with Crippen LogP contribution in [-0.2, 0) is 9.59 Å². The Balaban J connectivity index is 0.00000122. The lowest BCUT2D eigenvalue weighted by atomic mass is 9.25. The van der Waals surface area contributed by atoms with Crippen LogP contribution < -0.4 is 0 Å². The number of hydrogen-bond donors (Lipinski definition) is 2. The molecule has 4 nitrogen and oxygen atoms in total. The summed E-state index contributed by atoms with van der Waals surface area (Å²) in [5.41, 5.74) is -0.860. The summed E-state index contributed by atoms with van der Waals surface area (Å²) in [6.45, 7) is 9.41. The molecule has 0 aromatic rings. The first kappa shape index (κ1) is 24.6. The van der Waals surface area contributed by atoms with Crippen LogP contribution in [0.2, 0.25) is 0 Å². The van der Waals surface area contributed by atoms with Gasteiger partial charge < -0.3 is 10.2 Å². The summed E-state index contributed by atoms with van der Waals surface area (Å²) >= 11 is 0. The molecule has 2 N–H and O–H groups in total. The number of rotatable bonds is 3. The van der Waals surface area contributed by atoms with Gasteiger partial charge in [-0.15, -0.1) is 24.8 Å². The monoisotopic (exact) mass is 486 g/mol. The largest absolute Gasteiger partial charge is 0.481 e. The fourth-order valence-corrected chi connectivity index (χ4v) is 13.0. The Hall–Kier alpha value is -0.480. The van der Waals surface area contributed by atoms with E-state index in [4.69, 9.17) is 0 Å². The van der Waals surface area contributed by atoms with E-state index in [0.717, 1.165) is 77.0 Å². The van der Waals surface area contributed by atoms with Crippen molar-refractivity contribution in [2.24, 2.45) is 43.3 Å². The Bertz CT molecular complexity index is 788. The maximum Gasteiger partial charge on any atom is 0.309 e. The lowest BCUT2D eigenvalue weighted by Gasteiger charge is -2.78. The molecule has 0 spiro atoms. The minimum absolute atomic E-state index is 0. The van der Waals surface area contributed by atoms with E-state index < -0.39 is 22.8 Å². The molecular weight excluding hydrogens is 447 g/mol. The standard InChI is InChI=1S/C26H38O4.2ClH/c1-19-5-20(2)8-23(7-19,17(27)28)15-25(11-19,12-20)26-13-21(3)6-22(4,14-26)10-24(9-21,16-26)18(29)30;;/h5-16H2,1-4H3,(H,27,28)(H,29,30);2*1H. The van der Waals surface area contributed by atoms with Gasteiger partial charge in [-0.1, -0.05) is 27.7 Å². The molecule has 8 aliphatic rings. The fourth-order valence-electron chi connectivity index (χ4n) is 13.0. The SMILES string of the molecule is CC12CC3(C)CC(C(=O)O)(C1)CC(C14CC5(C)CC(C)(CC(C(=O)O)(C5)C1)C4)(C2)C3.Cl.Cl. The summed E-state index contributed by atoms with van der Waals surface area (Å²) in [7, 11) is 0. The van der Waals surface area contributed by atoms with Crippen molar-refractivity contribution < 1.29 is 19.8 Å². The van der Waals surface area contributed by atoms with Gasteiger partial charge in [-0.2, -0.15) is 0 Å². The van der Waals surface area contributed by atoms with E-state index in [0.29, 0.717) is 0 Å². The zero-order valence-electron chi connectivity index (χ0n) is 20.0. The van der Waals surface area contributed by atoms with Crippen molar-refractivity contribution >= 4 is 36.8 Å². The number of carbonyl (C=O) groups is 2. The summed E-state index contributed by atoms with van der Waals surface area (Å²) in [6.07, 6.45) is 11.6. The number of hydrogen-bond acceptors (Lipinski definition) is 2. The molecule has 0 aromatic carbocycles. The van der Waals surface area contributed by atoms with E-state index >= 15 is 0 Å². The molecule has 32 heavy (non-hydrogen) atoms. The molecule has 0 saturated heterocycles. The van der Waals surface area contributed by atoms with Crippen LogP contribution >= 0.6 is 24.8 Å². The highest BCUT2D eigenvalue weighted by molar-refractivity contribution is 5.85. The lowest BCUT2D eigenvalue weighted by molar-refractivity contribution is -0.295. The highest BCUT2D eigenvalue weighted by atomic mass is 35.5. The van der Waals surface area contributed by atoms with Gasteiger partial charge in [-0.3, -0.25) is 9.59 Å². The van der Waals surface area contributed by atoms with Gasteiger partial charge in [0.25, 0.3) is 0 Å². The second-order valence-corrected chi connectivity index (χ2v) is 15.1. The highest BCUT2D eigenvalue weighted by Gasteiger charge is 2.78. The van der Waals surface area contributed by atoms with E-state index in [1.54, 1.807) is 0 Å². The van der Waals surface area contributed by atoms with Gasteiger partial charge in [-0.25, -0.2) is 0 Å². The van der Waals surface area contributed by atoms with Gasteiger partial charge in [0.05, 0.1) is 10.8 Å². The molecule has 8 fully saturated rings. The summed E-state index contributed by atoms with van der Waals surface area (Å²) in [6, 6.07) is 0. The normalized spacial score (nSPS) is 58.8. The molecule has 0 aliphatic heterocycles. The summed E-state index contributed by atoms with van der Waals surface area (Å²) in [5.74, 6) is -1.17. The van der Waals surface area contributed by atoms with Crippen molar-refractivity contribution in [3.63, 3.8) is 0 Å². The van der Waals surface area contributed by atoms with Crippen LogP contribution in [0.15, 0.2) is 0 Å². The molecule has 4 unspecified atom stereocenters. The molecule has 8 rings (SSSR count). The van der Waals surface area contributed by atoms with Crippen LogP contribution in [0.25, 0.3) is 0 Å². The van der Waals surface area contributed by atoms with E-state index in [2.05, 4.69) is 27.7 Å². The van der Waals surface area contributed by atoms with Crippen molar-refractivity contribution in [1.82, 2.24) is 0 Å². The van der Waals surface area contributed by atoms with Crippen molar-refractivity contribution in [2.45, 2.75) is 105 Å². The molecule has 8 aliphatic carbocycles. The summed E-state index contributed by atoms with van der Waals surface area (Å²) < 4.78 is 0. The predicted molar refractivity (Wildman–Crippen MR) is 127 cm³/mol. The van der Waals surface area contributed by atoms with Gasteiger partial charge in [-0.05, 0) is 110 Å². The molecule has 0 amide bonds. The minimum Gasteiger partial charge on any atom is -0.481 e. The van der Waals surface area contributed by atoms with Gasteiger partial charge in [0.1, 0.15) is 0 Å². The van der Waals surface area contributed by atoms with E-state index in [-0.39, 0.29) is 57.3 Å². The Morgan fingerprint density at radius 2 is 0.719 bits per heavy atom. The molecule has 0 aromatic heterocycles. The van der Waals surface area contributed by atoms with Crippen molar-refractivity contribution in [3.8, 4) is 0 Å². The topological polar surface area (TPSA) is 74.6 Å². The molecule has 0 heterocycles. The number of halogens is 2. The Morgan fingerprint density at radius 1 is 0.469 bits per heavy atom. The third-order valence-corrected chi connectivity index (χ3v) is 11.2. The maximum atomic E-state index is 12.7. The summed E-state index contributed by atoms with van der Waals surface area (Å²) in [5, 5.41) is 20.9. The fraction of sp³-hybridized carbons (Fsp3) is 0.923. The second kappa shape index (κ2) is 6.20. The average Bonchev–Trinajstić information content (AvgIpc) is 2.47. The van der Waals surface area contributed by atoms with Gasteiger partial charge >= 0.3 is 11.9 Å². The molecule has 8 saturated carbocycles. The van der Waals surface area contributed by atoms with E-state index in [1.807, 2.05) is 0 Å². The first-order valence-corrected chi connectivity index (χ1v) is 12.1. The third kappa shape index (κ3) is 2.81. The van der Waals surface area contributed by atoms with Crippen molar-refractivity contribution in [3.05, 3.63) is 0 Å². The van der Waals surface area contributed by atoms with Crippen LogP contribution in [0, 0.1) is 43.3 Å². The number of carboxylic acid groups (broad SMARTS) is 2. The molecular formula is C26H40Cl2O4. The van der Waals surface area contributed by atoms with Crippen molar-refractivity contribution in [2.75, 3.05) is 0 Å². The smallest absolute Gasteiger partial charge is 0.309 e. The van der Waals surface area contributed by atoms with Crippen LogP contribution in [0.4, 0.5) is 0 Å². The van der Waals surface area contributed by atoms with Gasteiger partial charge in [0, 0.05) is 0 Å². The first-order valence-electron chi connectivity index (χ1n) is 12.1. The molecule has 0 radical (unpaired) electrons. The first-order chi connectivity index (χ1) is 13.6. The Labute approximate surface area is 204 Å². The summed E-state index contributed by atoms with van der Waals surface area (Å²) in [4.78, 5) is 25.4. The quantitative estimate of drug-likeness (QED) is 0.463. The molecule has 4 atom stereocenters. The van der Waals surface area contributed by atoms with E-state index in [9.17, 15) is 19.8 Å². The predicted octanol–water partition coefficient (Wildman–Crippen LogP) is 6.73. The average molecular weight is 488 g/mol. The Morgan fingerprint density at radius 3 is 0.938 bits per heavy atom. The Kier molecular flexibility index (Phi) is 4.77. The van der Waals surface area contributed by atoms with Gasteiger partial charge in [0.15, 0.2) is 0 Å². The third-order valence-electron chi connectivity index (χ3n) is 11.2. The number of carboxylic acids is 2. The lowest BCUT2D eigenvalue weighted by Crippen LogP contribution is -2.72. The van der Waals surface area contributed by atoms with Crippen LogP contribution in [-0.4, -0.2) is 22.2 Å². The van der Waals surface area contributed by atoms with Crippen molar-refractivity contribution in [1.29, 1.82) is 0 Å². The van der Waals surface area contributed by atoms with Gasteiger partial charge in [0.2, 0.25) is 0 Å².